The van der Waals surface area contributed by atoms with Crippen LogP contribution in [0.25, 0.3) is 0 Å². The summed E-state index contributed by atoms with van der Waals surface area (Å²) < 4.78 is 0. The van der Waals surface area contributed by atoms with Crippen LogP contribution in [0.4, 0.5) is 5.82 Å². The van der Waals surface area contributed by atoms with E-state index in [1.807, 2.05) is 24.2 Å². The molecule has 1 rings (SSSR count). The third-order valence-electron chi connectivity index (χ3n) is 2.99. The molecule has 1 heterocycles. The van der Waals surface area contributed by atoms with Gasteiger partial charge in [-0.3, -0.25) is 0 Å². The van der Waals surface area contributed by atoms with Crippen molar-refractivity contribution in [2.45, 2.75) is 45.8 Å². The van der Waals surface area contributed by atoms with Gasteiger partial charge in [0, 0.05) is 25.8 Å². The highest BCUT2D eigenvalue weighted by Gasteiger charge is 2.16. The van der Waals surface area contributed by atoms with Crippen molar-refractivity contribution in [2.24, 2.45) is 0 Å². The Bertz CT molecular complexity index is 370. The van der Waals surface area contributed by atoms with Gasteiger partial charge in [0.1, 0.15) is 5.82 Å². The number of likely N-dealkylation sites (N-methyl/N-ethyl adjacent to an activating group) is 1. The Morgan fingerprint density at radius 3 is 2.58 bits per heavy atom. The fourth-order valence-electron chi connectivity index (χ4n) is 2.02. The van der Waals surface area contributed by atoms with Crippen LogP contribution in [-0.2, 0) is 0 Å². The molecular weight excluding hydrogens is 238 g/mol. The van der Waals surface area contributed by atoms with Crippen LogP contribution in [0.3, 0.4) is 0 Å². The average molecular weight is 265 g/mol. The van der Waals surface area contributed by atoms with Gasteiger partial charge in [-0.15, -0.1) is 0 Å². The van der Waals surface area contributed by atoms with Gasteiger partial charge in [0.05, 0.1) is 5.60 Å². The van der Waals surface area contributed by atoms with Gasteiger partial charge in [-0.25, -0.2) is 4.98 Å². The minimum atomic E-state index is -0.717. The van der Waals surface area contributed by atoms with Gasteiger partial charge in [0.2, 0.25) is 0 Å². The molecule has 1 atom stereocenters. The highest BCUT2D eigenvalue weighted by Crippen LogP contribution is 2.16. The highest BCUT2D eigenvalue weighted by molar-refractivity contribution is 5.39. The Balaban J connectivity index is 2.65. The van der Waals surface area contributed by atoms with Crippen molar-refractivity contribution in [3.63, 3.8) is 0 Å². The maximum atomic E-state index is 9.81. The van der Waals surface area contributed by atoms with E-state index in [1.54, 1.807) is 13.8 Å². The quantitative estimate of drug-likeness (QED) is 0.794. The summed E-state index contributed by atoms with van der Waals surface area (Å²) in [6.07, 6.45) is 3.04. The molecule has 0 aliphatic rings. The van der Waals surface area contributed by atoms with Crippen LogP contribution in [0.5, 0.6) is 0 Å². The van der Waals surface area contributed by atoms with E-state index < -0.39 is 5.60 Å². The number of hydrogen-bond donors (Lipinski definition) is 2. The van der Waals surface area contributed by atoms with Gasteiger partial charge in [-0.2, -0.15) is 0 Å². The molecule has 0 aliphatic carbocycles. The molecule has 1 aromatic rings. The van der Waals surface area contributed by atoms with Crippen LogP contribution in [0, 0.1) is 0 Å². The van der Waals surface area contributed by atoms with Gasteiger partial charge in [-0.05, 0) is 45.4 Å². The van der Waals surface area contributed by atoms with Crippen molar-refractivity contribution in [3.8, 4) is 0 Å². The maximum Gasteiger partial charge on any atom is 0.128 e. The second-order valence-corrected chi connectivity index (χ2v) is 5.79. The SMILES string of the molecule is CCCNC(C)c1ccc(N(C)CC(C)(C)O)nc1. The highest BCUT2D eigenvalue weighted by atomic mass is 16.3. The van der Waals surface area contributed by atoms with Gasteiger partial charge in [0.25, 0.3) is 0 Å². The van der Waals surface area contributed by atoms with Crippen LogP contribution in [-0.4, -0.2) is 35.8 Å². The zero-order valence-electron chi connectivity index (χ0n) is 12.8. The summed E-state index contributed by atoms with van der Waals surface area (Å²) in [5, 5.41) is 13.3. The van der Waals surface area contributed by atoms with Crippen molar-refractivity contribution < 1.29 is 5.11 Å². The van der Waals surface area contributed by atoms with E-state index in [0.29, 0.717) is 12.6 Å². The maximum absolute atomic E-state index is 9.81. The Labute approximate surface area is 116 Å². The molecule has 0 aliphatic heterocycles. The predicted octanol–water partition coefficient (Wildman–Crippen LogP) is 2.35. The summed E-state index contributed by atoms with van der Waals surface area (Å²) in [4.78, 5) is 6.43. The molecule has 2 N–H and O–H groups in total. The Morgan fingerprint density at radius 1 is 1.42 bits per heavy atom. The number of pyridine rings is 1. The Kier molecular flexibility index (Phi) is 5.76. The second kappa shape index (κ2) is 6.87. The number of hydrogen-bond acceptors (Lipinski definition) is 4. The van der Waals surface area contributed by atoms with Crippen molar-refractivity contribution in [1.82, 2.24) is 10.3 Å². The molecule has 4 nitrogen and oxygen atoms in total. The Hall–Kier alpha value is -1.13. The van der Waals surface area contributed by atoms with E-state index in [2.05, 4.69) is 30.2 Å². The van der Waals surface area contributed by atoms with Crippen LogP contribution >= 0.6 is 0 Å². The molecule has 0 amide bonds. The largest absolute Gasteiger partial charge is 0.389 e. The fourth-order valence-corrected chi connectivity index (χ4v) is 2.02. The lowest BCUT2D eigenvalue weighted by Gasteiger charge is -2.26. The zero-order chi connectivity index (χ0) is 14.5. The van der Waals surface area contributed by atoms with Crippen molar-refractivity contribution in [1.29, 1.82) is 0 Å². The lowest BCUT2D eigenvalue weighted by atomic mass is 10.1. The molecule has 0 saturated heterocycles. The molecule has 108 valence electrons. The minimum absolute atomic E-state index is 0.320. The summed E-state index contributed by atoms with van der Waals surface area (Å²) >= 11 is 0. The number of nitrogens with zero attached hydrogens (tertiary/aromatic N) is 2. The second-order valence-electron chi connectivity index (χ2n) is 5.79. The molecule has 0 bridgehead atoms. The summed E-state index contributed by atoms with van der Waals surface area (Å²) in [5.74, 6) is 0.883. The topological polar surface area (TPSA) is 48.4 Å². The van der Waals surface area contributed by atoms with Crippen LogP contribution in [0.15, 0.2) is 18.3 Å². The zero-order valence-corrected chi connectivity index (χ0v) is 12.8. The third kappa shape index (κ3) is 5.57. The average Bonchev–Trinajstić information content (AvgIpc) is 2.34. The monoisotopic (exact) mass is 265 g/mol. The van der Waals surface area contributed by atoms with Gasteiger partial charge in [0.15, 0.2) is 0 Å². The molecule has 0 radical (unpaired) electrons. The first-order valence-corrected chi connectivity index (χ1v) is 6.96. The first-order valence-electron chi connectivity index (χ1n) is 6.96. The fraction of sp³-hybridized carbons (Fsp3) is 0.667. The number of anilines is 1. The molecule has 1 aromatic heterocycles. The van der Waals surface area contributed by atoms with Crippen molar-refractivity contribution in [2.75, 3.05) is 25.0 Å². The number of nitrogens with one attached hydrogen (secondary N) is 1. The number of aromatic nitrogens is 1. The molecule has 0 spiro atoms. The molecule has 19 heavy (non-hydrogen) atoms. The van der Waals surface area contributed by atoms with Crippen LogP contribution in [0.2, 0.25) is 0 Å². The van der Waals surface area contributed by atoms with Gasteiger partial charge >= 0.3 is 0 Å². The van der Waals surface area contributed by atoms with E-state index in [1.165, 1.54) is 5.56 Å². The summed E-state index contributed by atoms with van der Waals surface area (Å²) in [6, 6.07) is 4.42. The van der Waals surface area contributed by atoms with Crippen molar-refractivity contribution in [3.05, 3.63) is 23.9 Å². The number of aliphatic hydroxyl groups is 1. The summed E-state index contributed by atoms with van der Waals surface area (Å²) in [7, 11) is 1.94. The molecule has 0 aromatic carbocycles. The lowest BCUT2D eigenvalue weighted by Crippen LogP contribution is -2.36. The smallest absolute Gasteiger partial charge is 0.128 e. The van der Waals surface area contributed by atoms with Crippen LogP contribution < -0.4 is 10.2 Å². The third-order valence-corrected chi connectivity index (χ3v) is 2.99. The van der Waals surface area contributed by atoms with E-state index >= 15 is 0 Å². The summed E-state index contributed by atoms with van der Waals surface area (Å²) in [6.45, 7) is 9.48. The summed E-state index contributed by atoms with van der Waals surface area (Å²) in [5.41, 5.74) is 0.472. The van der Waals surface area contributed by atoms with E-state index in [4.69, 9.17) is 0 Å². The molecule has 4 heteroatoms. The number of rotatable bonds is 7. The lowest BCUT2D eigenvalue weighted by molar-refractivity contribution is 0.0884. The Morgan fingerprint density at radius 2 is 2.11 bits per heavy atom. The molecule has 0 fully saturated rings. The molecule has 0 saturated carbocycles. The van der Waals surface area contributed by atoms with E-state index in [0.717, 1.165) is 18.8 Å². The van der Waals surface area contributed by atoms with E-state index in [9.17, 15) is 5.11 Å². The normalized spacial score (nSPS) is 13.4. The molecule has 1 unspecified atom stereocenters. The van der Waals surface area contributed by atoms with Gasteiger partial charge < -0.3 is 15.3 Å². The predicted molar refractivity (Wildman–Crippen MR) is 80.5 cm³/mol. The van der Waals surface area contributed by atoms with Gasteiger partial charge in [-0.1, -0.05) is 13.0 Å². The van der Waals surface area contributed by atoms with Crippen molar-refractivity contribution >= 4 is 5.82 Å². The molecular formula is C15H27N3O. The first kappa shape index (κ1) is 15.9. The van der Waals surface area contributed by atoms with E-state index in [-0.39, 0.29) is 0 Å². The standard InChI is InChI=1S/C15H27N3O/c1-6-9-16-12(2)13-7-8-14(17-10-13)18(5)11-15(3,4)19/h7-8,10,12,16,19H,6,9,11H2,1-5H3. The van der Waals surface area contributed by atoms with Crippen LogP contribution in [0.1, 0.15) is 45.7 Å². The minimum Gasteiger partial charge on any atom is -0.389 e. The first-order chi connectivity index (χ1) is 8.83.